The van der Waals surface area contributed by atoms with E-state index in [0.29, 0.717) is 24.1 Å². The first kappa shape index (κ1) is 31.3. The molecular formula is C30H50N2O8. The molecule has 3 fully saturated rings. The van der Waals surface area contributed by atoms with Crippen LogP contribution in [0.1, 0.15) is 104 Å². The number of carbonyl (C=O) groups is 2. The van der Waals surface area contributed by atoms with Crippen molar-refractivity contribution in [2.45, 2.75) is 147 Å². The molecule has 11 atom stereocenters. The SMILES string of the molecule is CCCCCC1CCC2N=C(C3CC(CCCCC)CCC3O[C@@H]3OC(C(=O)O)[C@@H](O)[C@@H](O)C3O)NC(=O)C2C1. The third-order valence-corrected chi connectivity index (χ3v) is 9.62. The van der Waals surface area contributed by atoms with Gasteiger partial charge in [-0.2, -0.15) is 0 Å². The Hall–Kier alpha value is -1.59. The lowest BCUT2D eigenvalue weighted by atomic mass is 9.73. The van der Waals surface area contributed by atoms with Gasteiger partial charge in [-0.05, 0) is 50.4 Å². The van der Waals surface area contributed by atoms with E-state index < -0.39 is 42.8 Å². The van der Waals surface area contributed by atoms with Gasteiger partial charge >= 0.3 is 5.97 Å². The lowest BCUT2D eigenvalue weighted by Crippen LogP contribution is -2.61. The Balaban J connectivity index is 1.49. The number of rotatable bonds is 12. The lowest BCUT2D eigenvalue weighted by molar-refractivity contribution is -0.308. The zero-order valence-corrected chi connectivity index (χ0v) is 24.1. The van der Waals surface area contributed by atoms with Crippen molar-refractivity contribution >= 4 is 17.7 Å². The predicted octanol–water partition coefficient (Wildman–Crippen LogP) is 3.15. The van der Waals surface area contributed by atoms with Crippen molar-refractivity contribution < 1.29 is 39.5 Å². The van der Waals surface area contributed by atoms with E-state index in [2.05, 4.69) is 19.2 Å². The molecule has 5 N–H and O–H groups in total. The molecule has 0 aromatic heterocycles. The number of unbranched alkanes of at least 4 members (excludes halogenated alkanes) is 4. The van der Waals surface area contributed by atoms with Crippen LogP contribution in [0, 0.1) is 23.7 Å². The Morgan fingerprint density at radius 1 is 0.900 bits per heavy atom. The first-order valence-electron chi connectivity index (χ1n) is 15.7. The number of amides is 1. The number of hydrogen-bond acceptors (Lipinski definition) is 8. The van der Waals surface area contributed by atoms with Crippen LogP contribution >= 0.6 is 0 Å². The molecule has 1 saturated heterocycles. The molecule has 2 aliphatic heterocycles. The Labute approximate surface area is 237 Å². The molecule has 228 valence electrons. The zero-order chi connectivity index (χ0) is 28.8. The third kappa shape index (κ3) is 7.43. The summed E-state index contributed by atoms with van der Waals surface area (Å²) in [6.45, 7) is 4.38. The Morgan fingerprint density at radius 3 is 2.15 bits per heavy atom. The average molecular weight is 567 g/mol. The van der Waals surface area contributed by atoms with Gasteiger partial charge in [0, 0.05) is 5.92 Å². The van der Waals surface area contributed by atoms with Crippen LogP contribution in [0.4, 0.5) is 0 Å². The van der Waals surface area contributed by atoms with E-state index >= 15 is 0 Å². The standard InChI is InChI=1S/C30H50N2O8/c1-3-5-7-9-17-11-13-21-19(15-17)28(36)32-27(31-21)20-16-18(10-8-6-4-2)12-14-22(20)39-30-25(35)23(33)24(34)26(40-30)29(37)38/h17-26,30,33-35H,3-16H2,1-2H3,(H,37,38)(H,31,32,36)/t17?,18?,19?,20?,21?,22?,23-,24+,25?,26?,30-/m1/s1. The predicted molar refractivity (Wildman–Crippen MR) is 149 cm³/mol. The Morgan fingerprint density at radius 2 is 1.52 bits per heavy atom. The number of aliphatic imine (C=N–C) groups is 1. The summed E-state index contributed by atoms with van der Waals surface area (Å²) in [5.41, 5.74) is 0. The van der Waals surface area contributed by atoms with Crippen LogP contribution < -0.4 is 5.32 Å². The van der Waals surface area contributed by atoms with Crippen LogP contribution in [0.2, 0.25) is 0 Å². The van der Waals surface area contributed by atoms with Gasteiger partial charge in [0.05, 0.1) is 18.1 Å². The molecule has 1 amide bonds. The number of nitrogens with one attached hydrogen (secondary N) is 1. The van der Waals surface area contributed by atoms with Crippen LogP contribution in [0.15, 0.2) is 4.99 Å². The fraction of sp³-hybridized carbons (Fsp3) is 0.900. The number of nitrogens with zero attached hydrogens (tertiary/aromatic N) is 1. The maximum Gasteiger partial charge on any atom is 0.335 e. The second-order valence-electron chi connectivity index (χ2n) is 12.5. The second kappa shape index (κ2) is 14.5. The second-order valence-corrected chi connectivity index (χ2v) is 12.5. The van der Waals surface area contributed by atoms with Crippen molar-refractivity contribution in [2.24, 2.45) is 28.7 Å². The molecule has 2 heterocycles. The molecule has 4 rings (SSSR count). The number of aliphatic carboxylic acids is 1. The van der Waals surface area contributed by atoms with E-state index in [1.165, 1.54) is 32.1 Å². The quantitative estimate of drug-likeness (QED) is 0.225. The van der Waals surface area contributed by atoms with Gasteiger partial charge in [0.2, 0.25) is 5.91 Å². The molecule has 0 aromatic carbocycles. The number of carbonyl (C=O) groups excluding carboxylic acids is 1. The van der Waals surface area contributed by atoms with Gasteiger partial charge in [0.15, 0.2) is 12.4 Å². The maximum atomic E-state index is 13.4. The first-order valence-corrected chi connectivity index (χ1v) is 15.7. The van der Waals surface area contributed by atoms with E-state index in [1.54, 1.807) is 0 Å². The van der Waals surface area contributed by atoms with Crippen molar-refractivity contribution in [3.63, 3.8) is 0 Å². The summed E-state index contributed by atoms with van der Waals surface area (Å²) in [7, 11) is 0. The van der Waals surface area contributed by atoms with Gasteiger partial charge in [0.1, 0.15) is 24.1 Å². The highest BCUT2D eigenvalue weighted by Gasteiger charge is 2.50. The van der Waals surface area contributed by atoms with Gasteiger partial charge in [-0.3, -0.25) is 9.79 Å². The highest BCUT2D eigenvalue weighted by molar-refractivity contribution is 6.02. The summed E-state index contributed by atoms with van der Waals surface area (Å²) in [6.07, 6.45) is 5.74. The maximum absolute atomic E-state index is 13.4. The molecule has 2 saturated carbocycles. The van der Waals surface area contributed by atoms with E-state index in [9.17, 15) is 30.0 Å². The summed E-state index contributed by atoms with van der Waals surface area (Å²) in [5, 5.41) is 43.5. The number of amidine groups is 1. The smallest absolute Gasteiger partial charge is 0.335 e. The van der Waals surface area contributed by atoms with Gasteiger partial charge in [0.25, 0.3) is 0 Å². The topological polar surface area (TPSA) is 158 Å². The molecule has 8 unspecified atom stereocenters. The molecule has 10 nitrogen and oxygen atoms in total. The van der Waals surface area contributed by atoms with E-state index in [1.807, 2.05) is 0 Å². The number of fused-ring (bicyclic) bond motifs is 1. The number of aliphatic hydroxyl groups excluding tert-OH is 3. The van der Waals surface area contributed by atoms with Crippen molar-refractivity contribution in [1.82, 2.24) is 5.32 Å². The molecule has 0 aromatic rings. The van der Waals surface area contributed by atoms with Crippen LogP contribution in [-0.2, 0) is 19.1 Å². The number of carboxylic acids is 1. The molecule has 0 spiro atoms. The molecule has 0 radical (unpaired) electrons. The van der Waals surface area contributed by atoms with Crippen molar-refractivity contribution in [3.8, 4) is 0 Å². The molecule has 4 aliphatic rings. The molecule has 0 bridgehead atoms. The van der Waals surface area contributed by atoms with E-state index in [0.717, 1.165) is 51.4 Å². The summed E-state index contributed by atoms with van der Waals surface area (Å²) in [4.78, 5) is 30.1. The molecule has 2 aliphatic carbocycles. The van der Waals surface area contributed by atoms with Gasteiger partial charge in [-0.15, -0.1) is 0 Å². The van der Waals surface area contributed by atoms with Crippen LogP contribution in [0.3, 0.4) is 0 Å². The summed E-state index contributed by atoms with van der Waals surface area (Å²) in [5.74, 6) is -0.123. The molecule has 40 heavy (non-hydrogen) atoms. The number of hydrogen-bond donors (Lipinski definition) is 5. The minimum Gasteiger partial charge on any atom is -0.479 e. The van der Waals surface area contributed by atoms with Gasteiger partial charge < -0.3 is 35.2 Å². The van der Waals surface area contributed by atoms with E-state index in [4.69, 9.17) is 14.5 Å². The normalized spacial score (nSPS) is 40.2. The van der Waals surface area contributed by atoms with Crippen LogP contribution in [-0.4, -0.2) is 81.0 Å². The Kier molecular flexibility index (Phi) is 11.4. The Bertz CT molecular complexity index is 884. The summed E-state index contributed by atoms with van der Waals surface area (Å²) in [6, 6.07) is -0.0443. The summed E-state index contributed by atoms with van der Waals surface area (Å²) < 4.78 is 11.6. The van der Waals surface area contributed by atoms with Crippen LogP contribution in [0.25, 0.3) is 0 Å². The summed E-state index contributed by atoms with van der Waals surface area (Å²) >= 11 is 0. The van der Waals surface area contributed by atoms with Gasteiger partial charge in [-0.25, -0.2) is 4.79 Å². The highest BCUT2D eigenvalue weighted by atomic mass is 16.7. The zero-order valence-electron chi connectivity index (χ0n) is 24.1. The van der Waals surface area contributed by atoms with Crippen LogP contribution in [0.5, 0.6) is 0 Å². The fourth-order valence-corrected chi connectivity index (χ4v) is 7.20. The molecule has 10 heteroatoms. The number of carboxylic acid groups (broad SMARTS) is 1. The molecular weight excluding hydrogens is 516 g/mol. The largest absolute Gasteiger partial charge is 0.479 e. The highest BCUT2D eigenvalue weighted by Crippen LogP contribution is 2.40. The fourth-order valence-electron chi connectivity index (χ4n) is 7.20. The minimum absolute atomic E-state index is 0.0282. The van der Waals surface area contributed by atoms with E-state index in [-0.39, 0.29) is 23.8 Å². The lowest BCUT2D eigenvalue weighted by Gasteiger charge is -2.44. The number of aliphatic hydroxyl groups is 3. The number of ether oxygens (including phenoxy) is 2. The van der Waals surface area contributed by atoms with Crippen molar-refractivity contribution in [3.05, 3.63) is 0 Å². The monoisotopic (exact) mass is 566 g/mol. The average Bonchev–Trinajstić information content (AvgIpc) is 2.94. The first-order chi connectivity index (χ1) is 19.2. The van der Waals surface area contributed by atoms with Crippen molar-refractivity contribution in [1.29, 1.82) is 0 Å². The van der Waals surface area contributed by atoms with Gasteiger partial charge in [-0.1, -0.05) is 65.2 Å². The van der Waals surface area contributed by atoms with Crippen molar-refractivity contribution in [2.75, 3.05) is 0 Å². The third-order valence-electron chi connectivity index (χ3n) is 9.62. The minimum atomic E-state index is -1.77.